The summed E-state index contributed by atoms with van der Waals surface area (Å²) in [6.07, 6.45) is 9.24. The molecule has 0 amide bonds. The topological polar surface area (TPSA) is 108 Å². The Hall–Kier alpha value is -1.47. The third-order valence-corrected chi connectivity index (χ3v) is 6.98. The fourth-order valence-electron chi connectivity index (χ4n) is 4.69. The van der Waals surface area contributed by atoms with Gasteiger partial charge in [-0.2, -0.15) is 4.98 Å². The van der Waals surface area contributed by atoms with Crippen molar-refractivity contribution in [1.29, 1.82) is 0 Å². The fourth-order valence-corrected chi connectivity index (χ4v) is 4.69. The molecule has 1 heterocycles. The van der Waals surface area contributed by atoms with Crippen molar-refractivity contribution < 1.29 is 19.5 Å². The zero-order valence-electron chi connectivity index (χ0n) is 19.5. The van der Waals surface area contributed by atoms with Crippen LogP contribution >= 0.6 is 0 Å². The molecule has 7 nitrogen and oxygen atoms in total. The molecule has 0 spiro atoms. The number of carboxylic acid groups (broad SMARTS) is 1. The minimum atomic E-state index is -0.845. The van der Waals surface area contributed by atoms with Crippen LogP contribution in [0.1, 0.15) is 110 Å². The molecule has 1 fully saturated rings. The van der Waals surface area contributed by atoms with Gasteiger partial charge in [-0.25, -0.2) is 0 Å². The first kappa shape index (κ1) is 24.8. The molecule has 1 aliphatic rings. The first-order valence-electron chi connectivity index (χ1n) is 11.4. The number of aromatic nitrogens is 2. The summed E-state index contributed by atoms with van der Waals surface area (Å²) in [5.41, 5.74) is 0.139. The largest absolute Gasteiger partial charge is 0.481 e. The number of carbonyl (C=O) groups is 1. The third kappa shape index (κ3) is 6.77. The van der Waals surface area contributed by atoms with Crippen molar-refractivity contribution in [1.82, 2.24) is 15.5 Å². The van der Waals surface area contributed by atoms with Crippen molar-refractivity contribution >= 4 is 5.97 Å². The van der Waals surface area contributed by atoms with E-state index < -0.39 is 11.5 Å². The van der Waals surface area contributed by atoms with E-state index >= 15 is 0 Å². The van der Waals surface area contributed by atoms with Gasteiger partial charge in [0.2, 0.25) is 5.89 Å². The SMILES string of the molecule is CC(C)(CO)NCc1noc([C@H](CCCC2(C(C)(C)C)CCCCC2)CC(=O)O)n1. The molecule has 0 unspecified atom stereocenters. The van der Waals surface area contributed by atoms with E-state index in [-0.39, 0.29) is 24.4 Å². The van der Waals surface area contributed by atoms with Gasteiger partial charge in [-0.15, -0.1) is 0 Å². The van der Waals surface area contributed by atoms with Crippen LogP contribution in [0.3, 0.4) is 0 Å². The molecular formula is C23H41N3O4. The van der Waals surface area contributed by atoms with Crippen LogP contribution in [-0.2, 0) is 11.3 Å². The molecule has 3 N–H and O–H groups in total. The predicted molar refractivity (Wildman–Crippen MR) is 116 cm³/mol. The summed E-state index contributed by atoms with van der Waals surface area (Å²) in [4.78, 5) is 15.9. The lowest BCUT2D eigenvalue weighted by Gasteiger charge is -2.48. The van der Waals surface area contributed by atoms with E-state index in [0.717, 1.165) is 19.3 Å². The molecule has 0 aromatic carbocycles. The lowest BCUT2D eigenvalue weighted by atomic mass is 9.57. The second-order valence-corrected chi connectivity index (χ2v) is 10.7. The Kier molecular flexibility index (Phi) is 8.45. The van der Waals surface area contributed by atoms with Gasteiger partial charge in [-0.1, -0.05) is 51.6 Å². The highest BCUT2D eigenvalue weighted by Gasteiger charge is 2.42. The number of nitrogens with zero attached hydrogens (tertiary/aromatic N) is 2. The average Bonchev–Trinajstić information content (AvgIpc) is 3.14. The van der Waals surface area contributed by atoms with Crippen LogP contribution in [0.15, 0.2) is 4.52 Å². The van der Waals surface area contributed by atoms with Gasteiger partial charge in [0.1, 0.15) is 0 Å². The normalized spacial score (nSPS) is 18.3. The second kappa shape index (κ2) is 10.2. The summed E-state index contributed by atoms with van der Waals surface area (Å²) in [5, 5.41) is 25.9. The van der Waals surface area contributed by atoms with Gasteiger partial charge in [0, 0.05) is 11.5 Å². The Bertz CT molecular complexity index is 672. The lowest BCUT2D eigenvalue weighted by molar-refractivity contribution is -0.137. The molecule has 0 saturated heterocycles. The zero-order chi connectivity index (χ0) is 22.4. The maximum atomic E-state index is 11.4. The van der Waals surface area contributed by atoms with Gasteiger partial charge in [-0.3, -0.25) is 4.79 Å². The molecule has 172 valence electrons. The molecule has 1 atom stereocenters. The van der Waals surface area contributed by atoms with Gasteiger partial charge in [0.25, 0.3) is 0 Å². The number of aliphatic hydroxyl groups excluding tert-OH is 1. The smallest absolute Gasteiger partial charge is 0.304 e. The number of aliphatic hydroxyl groups is 1. The average molecular weight is 424 g/mol. The predicted octanol–water partition coefficient (Wildman–Crippen LogP) is 4.66. The number of hydrogen-bond donors (Lipinski definition) is 3. The number of rotatable bonds is 11. The van der Waals surface area contributed by atoms with Gasteiger partial charge >= 0.3 is 5.97 Å². The summed E-state index contributed by atoms with van der Waals surface area (Å²) in [5.74, 6) is -0.220. The fraction of sp³-hybridized carbons (Fsp3) is 0.870. The second-order valence-electron chi connectivity index (χ2n) is 10.7. The van der Waals surface area contributed by atoms with Crippen LogP contribution in [0, 0.1) is 10.8 Å². The maximum absolute atomic E-state index is 11.4. The highest BCUT2D eigenvalue weighted by atomic mass is 16.5. The van der Waals surface area contributed by atoms with Crippen molar-refractivity contribution in [2.24, 2.45) is 10.8 Å². The molecular weight excluding hydrogens is 382 g/mol. The number of aliphatic carboxylic acids is 1. The van der Waals surface area contributed by atoms with E-state index in [1.54, 1.807) is 0 Å². The summed E-state index contributed by atoms with van der Waals surface area (Å²) < 4.78 is 5.43. The van der Waals surface area contributed by atoms with Crippen LogP contribution in [0.25, 0.3) is 0 Å². The quantitative estimate of drug-likeness (QED) is 0.475. The van der Waals surface area contributed by atoms with Gasteiger partial charge in [-0.05, 0) is 50.4 Å². The van der Waals surface area contributed by atoms with E-state index in [0.29, 0.717) is 23.7 Å². The van der Waals surface area contributed by atoms with Crippen LogP contribution < -0.4 is 5.32 Å². The van der Waals surface area contributed by atoms with Crippen LogP contribution in [-0.4, -0.2) is 38.5 Å². The molecule has 30 heavy (non-hydrogen) atoms. The van der Waals surface area contributed by atoms with E-state index in [9.17, 15) is 15.0 Å². The van der Waals surface area contributed by atoms with Gasteiger partial charge < -0.3 is 20.1 Å². The molecule has 2 rings (SSSR count). The number of nitrogens with one attached hydrogen (secondary N) is 1. The first-order valence-corrected chi connectivity index (χ1v) is 11.4. The van der Waals surface area contributed by atoms with E-state index in [4.69, 9.17) is 4.52 Å². The van der Waals surface area contributed by atoms with Crippen molar-refractivity contribution in [3.05, 3.63) is 11.7 Å². The Morgan fingerprint density at radius 1 is 1.20 bits per heavy atom. The monoisotopic (exact) mass is 423 g/mol. The number of hydrogen-bond acceptors (Lipinski definition) is 6. The van der Waals surface area contributed by atoms with Gasteiger partial charge in [0.15, 0.2) is 5.82 Å². The molecule has 0 bridgehead atoms. The van der Waals surface area contributed by atoms with Crippen LogP contribution in [0.5, 0.6) is 0 Å². The Labute approximate surface area is 181 Å². The van der Waals surface area contributed by atoms with Crippen LogP contribution in [0.4, 0.5) is 0 Å². The van der Waals surface area contributed by atoms with E-state index in [1.165, 1.54) is 32.1 Å². The van der Waals surface area contributed by atoms with Crippen molar-refractivity contribution in [3.63, 3.8) is 0 Å². The maximum Gasteiger partial charge on any atom is 0.304 e. The third-order valence-electron chi connectivity index (χ3n) is 6.98. The minimum absolute atomic E-state index is 0.000285. The highest BCUT2D eigenvalue weighted by Crippen LogP contribution is 2.53. The molecule has 1 saturated carbocycles. The Morgan fingerprint density at radius 3 is 2.43 bits per heavy atom. The highest BCUT2D eigenvalue weighted by molar-refractivity contribution is 5.67. The van der Waals surface area contributed by atoms with Crippen LogP contribution in [0.2, 0.25) is 0 Å². The summed E-state index contributed by atoms with van der Waals surface area (Å²) >= 11 is 0. The van der Waals surface area contributed by atoms with Gasteiger partial charge in [0.05, 0.1) is 19.6 Å². The molecule has 1 aromatic heterocycles. The van der Waals surface area contributed by atoms with Crippen molar-refractivity contribution in [2.75, 3.05) is 6.61 Å². The summed E-state index contributed by atoms with van der Waals surface area (Å²) in [7, 11) is 0. The van der Waals surface area contributed by atoms with Crippen molar-refractivity contribution in [2.45, 2.75) is 110 Å². The lowest BCUT2D eigenvalue weighted by Crippen LogP contribution is -2.42. The summed E-state index contributed by atoms with van der Waals surface area (Å²) in [6, 6.07) is 0. The molecule has 1 aliphatic carbocycles. The molecule has 7 heteroatoms. The van der Waals surface area contributed by atoms with E-state index in [1.807, 2.05) is 13.8 Å². The molecule has 0 aliphatic heterocycles. The Morgan fingerprint density at radius 2 is 1.87 bits per heavy atom. The zero-order valence-corrected chi connectivity index (χ0v) is 19.5. The number of carboxylic acids is 1. The summed E-state index contributed by atoms with van der Waals surface area (Å²) in [6.45, 7) is 11.2. The van der Waals surface area contributed by atoms with E-state index in [2.05, 4.69) is 36.2 Å². The standard InChI is InChI=1S/C23H41N3O4/c1-21(2,3)23(11-7-6-8-12-23)13-9-10-17(14-19(28)29)20-25-18(26-30-20)15-24-22(4,5)16-27/h17,24,27H,6-16H2,1-5H3,(H,28,29)/t17-/m1/s1. The van der Waals surface area contributed by atoms with Crippen molar-refractivity contribution in [3.8, 4) is 0 Å². The molecule has 1 aromatic rings. The Balaban J connectivity index is 2.01. The first-order chi connectivity index (χ1) is 14.0. The molecule has 0 radical (unpaired) electrons. The minimum Gasteiger partial charge on any atom is -0.481 e.